The van der Waals surface area contributed by atoms with Gasteiger partial charge in [0, 0.05) is 47.1 Å². The second kappa shape index (κ2) is 32.4. The quantitative estimate of drug-likeness (QED) is 0.0901. The number of furan rings is 2. The third-order valence-electron chi connectivity index (χ3n) is 10.6. The maximum absolute atomic E-state index is 12.8. The topological polar surface area (TPSA) is 254 Å². The Morgan fingerprint density at radius 2 is 1.09 bits per heavy atom. The summed E-state index contributed by atoms with van der Waals surface area (Å²) in [6.07, 6.45) is 1.50. The van der Waals surface area contributed by atoms with Crippen LogP contribution >= 0.6 is 84.3 Å². The number of fused-ring (bicyclic) bond motifs is 2. The zero-order valence-corrected chi connectivity index (χ0v) is 64.4. The van der Waals surface area contributed by atoms with Gasteiger partial charge >= 0.3 is 138 Å². The zero-order chi connectivity index (χ0) is 55.4. The van der Waals surface area contributed by atoms with Crippen molar-refractivity contribution >= 4 is 156 Å². The number of halogens is 5. The minimum atomic E-state index is -3.67. The standard InChI is InChI=1S/C25H23ClIN3O4S.C17H16IN3O4S.C8H8BrCl.CH2O3.2Cs/c1-15-8-10-17(11-9-15)22-21(24(31)28-2)18-14-20(27)23(29-25(18)34-22)30(35(3,32)33)13-12-16-6-4-5-7-19(16)26;1-9-4-6-10(7-5-9)14-13(16(22)19-2)11-8-12(18)15(20-17(11)25-14)21-26(3,23)24;9-6-5-7-3-1-2-4-8(7)10;2-1(3)4;;/h4-11,14H,12-13H2,1-3H3,(H,28,31);4-8H,1-3H3,(H,19,22)(H,20,21);1-4H,5-6H2;(H2,2,3,4);;/q;;;;2*+1/p-1. The number of sulfonamides is 2. The van der Waals surface area contributed by atoms with E-state index in [9.17, 15) is 26.4 Å². The van der Waals surface area contributed by atoms with Crippen molar-refractivity contribution in [1.82, 2.24) is 20.6 Å². The second-order valence-corrected chi connectivity index (χ2v) is 23.8. The number of anilines is 2. The smallest absolute Gasteiger partial charge is 0.565 e. The first-order valence-electron chi connectivity index (χ1n) is 22.1. The Hall–Kier alpha value is -1.41. The van der Waals surface area contributed by atoms with Gasteiger partial charge in [-0.05, 0) is 107 Å². The minimum Gasteiger partial charge on any atom is -0.565 e. The van der Waals surface area contributed by atoms with E-state index in [-0.39, 0.29) is 179 Å². The van der Waals surface area contributed by atoms with Crippen LogP contribution in [0, 0.1) is 21.0 Å². The van der Waals surface area contributed by atoms with Gasteiger partial charge in [-0.1, -0.05) is 135 Å². The fraction of sp³-hybridized carbons (Fsp3) is 0.196. The number of aromatic nitrogens is 2. The normalized spacial score (nSPS) is 10.7. The summed E-state index contributed by atoms with van der Waals surface area (Å²) >= 11 is 19.5. The average molecular weight is 1660 g/mol. The number of pyridine rings is 2. The number of carbonyl (C=O) groups excluding carboxylic acids is 2. The molecule has 4 aromatic heterocycles. The molecule has 4 aromatic carbocycles. The van der Waals surface area contributed by atoms with Crippen molar-refractivity contribution in [3.63, 3.8) is 0 Å². The number of amides is 2. The van der Waals surface area contributed by atoms with Crippen LogP contribution in [-0.4, -0.2) is 88.4 Å². The molecule has 4 N–H and O–H groups in total. The first-order valence-corrected chi connectivity index (χ1v) is 29.9. The Kier molecular flexibility index (Phi) is 29.4. The van der Waals surface area contributed by atoms with Gasteiger partial charge in [0.05, 0.1) is 41.6 Å². The summed E-state index contributed by atoms with van der Waals surface area (Å²) in [5.74, 6) is 0.540. The summed E-state index contributed by atoms with van der Waals surface area (Å²) < 4.78 is 65.2. The number of hydrogen-bond acceptors (Lipinski definition) is 12. The largest absolute Gasteiger partial charge is 1.00 e. The second-order valence-electron chi connectivity index (χ2n) is 16.2. The van der Waals surface area contributed by atoms with Gasteiger partial charge in [-0.25, -0.2) is 16.8 Å². The third kappa shape index (κ3) is 20.2. The molecule has 0 saturated heterocycles. The van der Waals surface area contributed by atoms with Crippen molar-refractivity contribution in [3.05, 3.63) is 160 Å². The van der Waals surface area contributed by atoms with Gasteiger partial charge in [0.1, 0.15) is 11.5 Å². The zero-order valence-electron chi connectivity index (χ0n) is 42.8. The van der Waals surface area contributed by atoms with Crippen LogP contribution in [0.5, 0.6) is 0 Å². The SMILES string of the molecule is CNC(=O)c1c(-c2ccc(C)cc2)oc2nc(N(CCc3ccccc3Cl)S(C)(=O)=O)c(I)cc12.CNC(=O)c1c(-c2ccc(C)cc2)oc2nc(NS(C)(=O)=O)c(I)cc12.Clc1ccccc1CCBr.O=C([O-])O.[Cs+].[Cs+]. The Labute approximate surface area is 609 Å². The Morgan fingerprint density at radius 1 is 0.688 bits per heavy atom. The van der Waals surface area contributed by atoms with Crippen LogP contribution < -0.4 is 163 Å². The molecule has 0 aliphatic heterocycles. The van der Waals surface area contributed by atoms with Crippen LogP contribution in [0.4, 0.5) is 16.4 Å². The van der Waals surface area contributed by atoms with Crippen LogP contribution in [0.3, 0.4) is 0 Å². The van der Waals surface area contributed by atoms with E-state index < -0.39 is 26.2 Å². The molecule has 0 saturated carbocycles. The summed E-state index contributed by atoms with van der Waals surface area (Å²) in [5, 5.41) is 24.0. The van der Waals surface area contributed by atoms with Gasteiger partial charge in [0.25, 0.3) is 11.8 Å². The van der Waals surface area contributed by atoms with E-state index in [4.69, 9.17) is 47.0 Å². The van der Waals surface area contributed by atoms with Crippen LogP contribution in [0.25, 0.3) is 44.8 Å². The number of carboxylic acid groups (broad SMARTS) is 2. The molecule has 0 unspecified atom stereocenters. The fourth-order valence-corrected chi connectivity index (χ4v) is 11.0. The third-order valence-corrected chi connectivity index (χ3v) is 15.0. The summed E-state index contributed by atoms with van der Waals surface area (Å²) in [6, 6.07) is 33.8. The van der Waals surface area contributed by atoms with E-state index in [0.29, 0.717) is 52.0 Å². The van der Waals surface area contributed by atoms with Crippen molar-refractivity contribution in [2.24, 2.45) is 0 Å². The Bertz CT molecular complexity index is 3590. The fourth-order valence-electron chi connectivity index (χ4n) is 7.08. The predicted molar refractivity (Wildman–Crippen MR) is 313 cm³/mol. The van der Waals surface area contributed by atoms with Crippen molar-refractivity contribution < 1.29 is 188 Å². The van der Waals surface area contributed by atoms with Gasteiger partial charge in [-0.3, -0.25) is 18.6 Å². The molecule has 17 nitrogen and oxygen atoms in total. The molecule has 8 rings (SSSR count). The molecule has 0 aliphatic rings. The monoisotopic (exact) mass is 1650 g/mol. The van der Waals surface area contributed by atoms with E-state index in [2.05, 4.69) is 41.3 Å². The molecule has 396 valence electrons. The molecule has 26 heteroatoms. The molecule has 0 radical (unpaired) electrons. The van der Waals surface area contributed by atoms with Crippen LogP contribution in [0.15, 0.2) is 118 Å². The molecule has 0 spiro atoms. The number of nitrogens with one attached hydrogen (secondary N) is 3. The predicted octanol–water partition coefficient (Wildman–Crippen LogP) is 4.74. The van der Waals surface area contributed by atoms with E-state index in [1.807, 2.05) is 150 Å². The Balaban J connectivity index is 0.000000325. The average Bonchev–Trinajstić information content (AvgIpc) is 3.90. The number of alkyl halides is 1. The number of nitrogens with zero attached hydrogens (tertiary/aromatic N) is 3. The van der Waals surface area contributed by atoms with Gasteiger partial charge in [0.15, 0.2) is 11.6 Å². The summed E-state index contributed by atoms with van der Waals surface area (Å²) in [7, 11) is -4.07. The molecule has 2 amide bonds. The molecular weight excluding hydrogens is 1610 g/mol. The van der Waals surface area contributed by atoms with E-state index >= 15 is 0 Å². The summed E-state index contributed by atoms with van der Waals surface area (Å²) in [5.41, 5.74) is 6.74. The van der Waals surface area contributed by atoms with Gasteiger partial charge in [-0.2, -0.15) is 9.97 Å². The van der Waals surface area contributed by atoms with Crippen LogP contribution in [0.1, 0.15) is 43.0 Å². The molecule has 77 heavy (non-hydrogen) atoms. The van der Waals surface area contributed by atoms with E-state index in [1.165, 1.54) is 16.9 Å². The minimum absolute atomic E-state index is 0. The maximum atomic E-state index is 12.8. The number of aryl methyl sites for hydroxylation is 3. The van der Waals surface area contributed by atoms with Crippen molar-refractivity contribution in [2.75, 3.05) is 47.5 Å². The van der Waals surface area contributed by atoms with Gasteiger partial charge in [0.2, 0.25) is 37.6 Å². The maximum Gasteiger partial charge on any atom is 1.00 e. The summed E-state index contributed by atoms with van der Waals surface area (Å²) in [6.45, 7) is 4.08. The number of hydrogen-bond donors (Lipinski definition) is 4. The number of benzene rings is 4. The molecule has 0 atom stereocenters. The van der Waals surface area contributed by atoms with Crippen LogP contribution in [0.2, 0.25) is 10.0 Å². The Morgan fingerprint density at radius 3 is 1.48 bits per heavy atom. The van der Waals surface area contributed by atoms with Crippen LogP contribution in [-0.2, 0) is 32.9 Å². The number of rotatable bonds is 13. The van der Waals surface area contributed by atoms with E-state index in [0.717, 1.165) is 57.1 Å². The molecule has 8 aromatic rings. The van der Waals surface area contributed by atoms with Crippen molar-refractivity contribution in [1.29, 1.82) is 0 Å². The first kappa shape index (κ1) is 69.9. The van der Waals surface area contributed by atoms with Gasteiger partial charge in [-0.15, -0.1) is 0 Å². The first-order chi connectivity index (χ1) is 35.4. The van der Waals surface area contributed by atoms with E-state index in [1.54, 1.807) is 25.2 Å². The summed E-state index contributed by atoms with van der Waals surface area (Å²) in [4.78, 5) is 42.6. The number of carbonyl (C=O) groups is 3. The molecular formula is C51H48BrCl2Cs2I2N6O11S2+. The van der Waals surface area contributed by atoms with Crippen molar-refractivity contribution in [2.45, 2.75) is 26.7 Å². The van der Waals surface area contributed by atoms with Gasteiger partial charge < -0.3 is 34.5 Å². The molecule has 4 heterocycles. The van der Waals surface area contributed by atoms with Crippen molar-refractivity contribution in [3.8, 4) is 22.6 Å². The molecule has 0 aliphatic carbocycles. The molecule has 0 bridgehead atoms. The molecule has 0 fully saturated rings.